The van der Waals surface area contributed by atoms with Crippen molar-refractivity contribution in [1.82, 2.24) is 9.80 Å². The summed E-state index contributed by atoms with van der Waals surface area (Å²) in [5.41, 5.74) is 1.69. The van der Waals surface area contributed by atoms with Gasteiger partial charge in [-0.1, -0.05) is 36.4 Å². The average molecular weight is 324 g/mol. The second kappa shape index (κ2) is 7.17. The van der Waals surface area contributed by atoms with Crippen LogP contribution < -0.4 is 4.74 Å². The summed E-state index contributed by atoms with van der Waals surface area (Å²) >= 11 is 0. The number of rotatable bonds is 2. The van der Waals surface area contributed by atoms with E-state index >= 15 is 0 Å². The average Bonchev–Trinajstić information content (AvgIpc) is 2.62. The van der Waals surface area contributed by atoms with Crippen LogP contribution in [0.3, 0.4) is 0 Å². The Labute approximate surface area is 141 Å². The molecule has 0 aliphatic carbocycles. The van der Waals surface area contributed by atoms with Crippen molar-refractivity contribution in [1.29, 1.82) is 0 Å². The molecule has 0 N–H and O–H groups in total. The van der Waals surface area contributed by atoms with Gasteiger partial charge >= 0.3 is 6.09 Å². The van der Waals surface area contributed by atoms with E-state index in [-0.39, 0.29) is 12.0 Å². The fourth-order valence-corrected chi connectivity index (χ4v) is 2.73. The lowest BCUT2D eigenvalue weighted by molar-refractivity contribution is 0.0632. The normalized spacial score (nSPS) is 14.4. The number of nitrogens with zero attached hydrogens (tertiary/aromatic N) is 2. The van der Waals surface area contributed by atoms with Gasteiger partial charge in [0.1, 0.15) is 5.75 Å². The van der Waals surface area contributed by atoms with E-state index in [1.54, 1.807) is 21.9 Å². The summed E-state index contributed by atoms with van der Waals surface area (Å²) in [6, 6.07) is 16.6. The van der Waals surface area contributed by atoms with Crippen LogP contribution in [0.15, 0.2) is 54.6 Å². The molecule has 0 atom stereocenters. The SMILES string of the molecule is Cc1ccccc1C(=O)N1CCN(C(=O)Oc2ccccc2)CC1. The lowest BCUT2D eigenvalue weighted by Crippen LogP contribution is -2.51. The van der Waals surface area contributed by atoms with Gasteiger partial charge in [-0.15, -0.1) is 0 Å². The minimum Gasteiger partial charge on any atom is -0.410 e. The predicted molar refractivity (Wildman–Crippen MR) is 91.1 cm³/mol. The highest BCUT2D eigenvalue weighted by atomic mass is 16.6. The molecule has 0 spiro atoms. The van der Waals surface area contributed by atoms with E-state index in [0.717, 1.165) is 11.1 Å². The van der Waals surface area contributed by atoms with E-state index in [2.05, 4.69) is 0 Å². The second-order valence-corrected chi connectivity index (χ2v) is 5.78. The van der Waals surface area contributed by atoms with Crippen molar-refractivity contribution in [2.24, 2.45) is 0 Å². The Hall–Kier alpha value is -2.82. The van der Waals surface area contributed by atoms with Gasteiger partial charge in [-0.2, -0.15) is 0 Å². The summed E-state index contributed by atoms with van der Waals surface area (Å²) in [5.74, 6) is 0.546. The first kappa shape index (κ1) is 16.1. The number of hydrogen-bond donors (Lipinski definition) is 0. The molecule has 0 radical (unpaired) electrons. The van der Waals surface area contributed by atoms with Crippen molar-refractivity contribution >= 4 is 12.0 Å². The smallest absolute Gasteiger partial charge is 0.410 e. The summed E-state index contributed by atoms with van der Waals surface area (Å²) in [4.78, 5) is 28.2. The number of carbonyl (C=O) groups is 2. The van der Waals surface area contributed by atoms with Crippen molar-refractivity contribution in [3.8, 4) is 5.75 Å². The van der Waals surface area contributed by atoms with E-state index in [1.807, 2.05) is 49.4 Å². The Bertz CT molecular complexity index is 722. The highest BCUT2D eigenvalue weighted by Gasteiger charge is 2.26. The zero-order valence-electron chi connectivity index (χ0n) is 13.6. The highest BCUT2D eigenvalue weighted by molar-refractivity contribution is 5.95. The fraction of sp³-hybridized carbons (Fsp3) is 0.263. The third kappa shape index (κ3) is 3.56. The summed E-state index contributed by atoms with van der Waals surface area (Å²) in [6.45, 7) is 3.90. The Balaban J connectivity index is 1.57. The summed E-state index contributed by atoms with van der Waals surface area (Å²) in [7, 11) is 0. The largest absolute Gasteiger partial charge is 0.415 e. The van der Waals surface area contributed by atoms with Crippen LogP contribution in [0.2, 0.25) is 0 Å². The molecule has 5 nitrogen and oxygen atoms in total. The first-order valence-electron chi connectivity index (χ1n) is 8.02. The van der Waals surface area contributed by atoms with Crippen molar-refractivity contribution in [3.63, 3.8) is 0 Å². The molecule has 24 heavy (non-hydrogen) atoms. The summed E-state index contributed by atoms with van der Waals surface area (Å²) in [6.07, 6.45) is -0.371. The van der Waals surface area contributed by atoms with Gasteiger partial charge in [-0.3, -0.25) is 4.79 Å². The van der Waals surface area contributed by atoms with Gasteiger partial charge in [0.15, 0.2) is 0 Å². The third-order valence-corrected chi connectivity index (χ3v) is 4.15. The van der Waals surface area contributed by atoms with E-state index in [4.69, 9.17) is 4.74 Å². The van der Waals surface area contributed by atoms with E-state index in [1.165, 1.54) is 0 Å². The molecule has 1 aliphatic rings. The maximum atomic E-state index is 12.6. The minimum absolute atomic E-state index is 0.0178. The Morgan fingerprint density at radius 2 is 1.42 bits per heavy atom. The van der Waals surface area contributed by atoms with Crippen molar-refractivity contribution < 1.29 is 14.3 Å². The van der Waals surface area contributed by atoms with Crippen LogP contribution in [0.4, 0.5) is 4.79 Å². The molecule has 0 bridgehead atoms. The van der Waals surface area contributed by atoms with Crippen LogP contribution in [0.1, 0.15) is 15.9 Å². The first-order valence-corrected chi connectivity index (χ1v) is 8.02. The third-order valence-electron chi connectivity index (χ3n) is 4.15. The first-order chi connectivity index (χ1) is 11.6. The molecular formula is C19H20N2O3. The summed E-state index contributed by atoms with van der Waals surface area (Å²) < 4.78 is 5.34. The van der Waals surface area contributed by atoms with Crippen LogP contribution in [-0.4, -0.2) is 48.0 Å². The molecule has 0 aromatic heterocycles. The van der Waals surface area contributed by atoms with Gasteiger partial charge in [0, 0.05) is 31.7 Å². The van der Waals surface area contributed by atoms with Gasteiger partial charge in [-0.25, -0.2) is 4.79 Å². The number of ether oxygens (including phenoxy) is 1. The van der Waals surface area contributed by atoms with Gasteiger partial charge in [0.25, 0.3) is 5.91 Å². The van der Waals surface area contributed by atoms with Crippen LogP contribution in [0.5, 0.6) is 5.75 Å². The molecule has 2 aromatic rings. The number of para-hydroxylation sites is 1. The van der Waals surface area contributed by atoms with Crippen LogP contribution in [0, 0.1) is 6.92 Å². The zero-order valence-corrected chi connectivity index (χ0v) is 13.6. The molecule has 124 valence electrons. The molecule has 3 rings (SSSR count). The number of amides is 2. The van der Waals surface area contributed by atoms with Crippen molar-refractivity contribution in [3.05, 3.63) is 65.7 Å². The monoisotopic (exact) mass is 324 g/mol. The number of piperazine rings is 1. The molecule has 0 saturated carbocycles. The molecule has 5 heteroatoms. The van der Waals surface area contributed by atoms with E-state index < -0.39 is 0 Å². The van der Waals surface area contributed by atoms with Crippen LogP contribution in [-0.2, 0) is 0 Å². The Kier molecular flexibility index (Phi) is 4.79. The Morgan fingerprint density at radius 1 is 0.833 bits per heavy atom. The van der Waals surface area contributed by atoms with Gasteiger partial charge < -0.3 is 14.5 Å². The molecule has 2 amide bonds. The van der Waals surface area contributed by atoms with Gasteiger partial charge in [0.2, 0.25) is 0 Å². The van der Waals surface area contributed by atoms with Crippen LogP contribution in [0.25, 0.3) is 0 Å². The standard InChI is InChI=1S/C19H20N2O3/c1-15-7-5-6-10-17(15)18(22)20-11-13-21(14-12-20)19(23)24-16-8-3-2-4-9-16/h2-10H,11-14H2,1H3. The summed E-state index contributed by atoms with van der Waals surface area (Å²) in [5, 5.41) is 0. The maximum absolute atomic E-state index is 12.6. The molecule has 1 aliphatic heterocycles. The van der Waals surface area contributed by atoms with Crippen LogP contribution >= 0.6 is 0 Å². The quantitative estimate of drug-likeness (QED) is 0.853. The predicted octanol–water partition coefficient (Wildman–Crippen LogP) is 2.95. The van der Waals surface area contributed by atoms with Gasteiger partial charge in [0.05, 0.1) is 0 Å². The topological polar surface area (TPSA) is 49.9 Å². The Morgan fingerprint density at radius 3 is 2.08 bits per heavy atom. The highest BCUT2D eigenvalue weighted by Crippen LogP contribution is 2.15. The number of carbonyl (C=O) groups excluding carboxylic acids is 2. The molecule has 2 aromatic carbocycles. The zero-order chi connectivity index (χ0) is 16.9. The maximum Gasteiger partial charge on any atom is 0.415 e. The van der Waals surface area contributed by atoms with E-state index in [9.17, 15) is 9.59 Å². The number of hydrogen-bond acceptors (Lipinski definition) is 3. The molecule has 0 unspecified atom stereocenters. The lowest BCUT2D eigenvalue weighted by atomic mass is 10.1. The fourth-order valence-electron chi connectivity index (χ4n) is 2.73. The molecular weight excluding hydrogens is 304 g/mol. The molecule has 1 heterocycles. The minimum atomic E-state index is -0.371. The van der Waals surface area contributed by atoms with Crippen molar-refractivity contribution in [2.75, 3.05) is 26.2 Å². The van der Waals surface area contributed by atoms with Crippen molar-refractivity contribution in [2.45, 2.75) is 6.92 Å². The lowest BCUT2D eigenvalue weighted by Gasteiger charge is -2.34. The number of benzene rings is 2. The molecule has 1 saturated heterocycles. The number of aryl methyl sites for hydroxylation is 1. The van der Waals surface area contributed by atoms with Gasteiger partial charge in [-0.05, 0) is 30.7 Å². The van der Waals surface area contributed by atoms with E-state index in [0.29, 0.717) is 31.9 Å². The second-order valence-electron chi connectivity index (χ2n) is 5.78. The molecule has 1 fully saturated rings.